The number of rotatable bonds is 6. The number of carboxylic acid groups (broad SMARTS) is 1. The van der Waals surface area contributed by atoms with Crippen molar-refractivity contribution in [1.29, 1.82) is 0 Å². The fourth-order valence-electron chi connectivity index (χ4n) is 3.62. The van der Waals surface area contributed by atoms with Crippen LogP contribution < -0.4 is 5.32 Å². The highest BCUT2D eigenvalue weighted by Gasteiger charge is 2.20. The van der Waals surface area contributed by atoms with Crippen molar-refractivity contribution in [2.75, 3.05) is 11.1 Å². The van der Waals surface area contributed by atoms with Crippen molar-refractivity contribution >= 4 is 33.2 Å². The molecule has 2 aromatic carbocycles. The molecule has 2 N–H and O–H groups in total. The van der Waals surface area contributed by atoms with Crippen LogP contribution in [-0.4, -0.2) is 47.6 Å². The molecule has 39 heavy (non-hydrogen) atoms. The number of pyridine rings is 1. The van der Waals surface area contributed by atoms with Gasteiger partial charge in [0, 0.05) is 41.2 Å². The van der Waals surface area contributed by atoms with E-state index in [9.17, 15) is 23.7 Å². The van der Waals surface area contributed by atoms with Gasteiger partial charge in [-0.2, -0.15) is 9.46 Å². The average molecular weight is 542 g/mol. The summed E-state index contributed by atoms with van der Waals surface area (Å²) in [4.78, 5) is 41.0. The van der Waals surface area contributed by atoms with Gasteiger partial charge >= 0.3 is 5.97 Å². The predicted molar refractivity (Wildman–Crippen MR) is 145 cm³/mol. The Bertz CT molecular complexity index is 1760. The molecule has 0 saturated heterocycles. The summed E-state index contributed by atoms with van der Waals surface area (Å²) in [6.45, 7) is 1.80. The lowest BCUT2D eigenvalue weighted by Crippen LogP contribution is -2.17. The van der Waals surface area contributed by atoms with Gasteiger partial charge in [-0.1, -0.05) is 36.1 Å². The molecule has 0 spiro atoms. The smallest absolute Gasteiger partial charge is 0.317 e. The number of nitrogens with zero attached hydrogens (tertiary/aromatic N) is 4. The van der Waals surface area contributed by atoms with E-state index >= 15 is 0 Å². The molecule has 0 aliphatic heterocycles. The van der Waals surface area contributed by atoms with Gasteiger partial charge in [-0.05, 0) is 49.4 Å². The Kier molecular flexibility index (Phi) is 7.98. The molecule has 0 saturated carbocycles. The number of carboxylic acids is 1. The fourth-order valence-corrected chi connectivity index (χ4v) is 5.25. The topological polar surface area (TPSA) is 144 Å². The lowest BCUT2D eigenvalue weighted by atomic mass is 10.1. The summed E-state index contributed by atoms with van der Waals surface area (Å²) in [5.74, 6) is 2.54. The molecule has 4 aromatic rings. The number of hydrogen-bond donors (Lipinski definition) is 2. The second kappa shape index (κ2) is 11.5. The maximum absolute atomic E-state index is 13.3. The molecule has 10 nitrogen and oxygen atoms in total. The standard InChI is InChI=1S/C28H23N5O5S/c1-19-13-25(33(2)31-19)28(37)30-23-8-6-7-20(15-23)11-12-21-14-22(17-29-16-21)27(36)32-39(38,18-26(34)35)24-9-4-3-5-10-24/h3-10,13-17H,18H2,1-2H3,(H,30,37)(H,34,35). The van der Waals surface area contributed by atoms with Crippen LogP contribution >= 0.6 is 0 Å². The number of carbonyl (C=O) groups is 3. The molecule has 2 heterocycles. The zero-order chi connectivity index (χ0) is 28.0. The molecule has 0 bridgehead atoms. The Balaban J connectivity index is 1.56. The van der Waals surface area contributed by atoms with Crippen molar-refractivity contribution in [2.45, 2.75) is 11.8 Å². The number of aryl methyl sites for hydroxylation is 2. The molecule has 2 aromatic heterocycles. The number of aromatic nitrogens is 3. The lowest BCUT2D eigenvalue weighted by molar-refractivity contribution is -0.134. The zero-order valence-electron chi connectivity index (χ0n) is 21.0. The van der Waals surface area contributed by atoms with E-state index in [1.807, 2.05) is 0 Å². The van der Waals surface area contributed by atoms with E-state index in [0.29, 0.717) is 22.5 Å². The van der Waals surface area contributed by atoms with Crippen molar-refractivity contribution in [3.05, 3.63) is 107 Å². The van der Waals surface area contributed by atoms with Crippen LogP contribution in [-0.2, 0) is 21.6 Å². The van der Waals surface area contributed by atoms with E-state index in [-0.39, 0.29) is 16.4 Å². The number of anilines is 1. The summed E-state index contributed by atoms with van der Waals surface area (Å²) < 4.78 is 18.6. The minimum absolute atomic E-state index is 0.0170. The third-order valence-corrected chi connectivity index (χ3v) is 7.46. The third-order valence-electron chi connectivity index (χ3n) is 5.35. The van der Waals surface area contributed by atoms with Gasteiger partial charge in [0.15, 0.2) is 0 Å². The normalized spacial score (nSPS) is 11.9. The van der Waals surface area contributed by atoms with E-state index < -0.39 is 27.4 Å². The second-order valence-electron chi connectivity index (χ2n) is 8.43. The first-order valence-electron chi connectivity index (χ1n) is 11.6. The maximum Gasteiger partial charge on any atom is 0.317 e. The lowest BCUT2D eigenvalue weighted by Gasteiger charge is -2.07. The summed E-state index contributed by atoms with van der Waals surface area (Å²) in [5, 5.41) is 16.2. The van der Waals surface area contributed by atoms with Gasteiger partial charge in [-0.15, -0.1) is 0 Å². The molecule has 1 unspecified atom stereocenters. The highest BCUT2D eigenvalue weighted by atomic mass is 32.2. The van der Waals surface area contributed by atoms with Crippen LogP contribution in [0.4, 0.5) is 5.69 Å². The number of amides is 2. The fraction of sp³-hybridized carbons (Fsp3) is 0.107. The molecule has 0 radical (unpaired) electrons. The van der Waals surface area contributed by atoms with Crippen LogP contribution in [0, 0.1) is 18.8 Å². The minimum atomic E-state index is -3.55. The first kappa shape index (κ1) is 27.0. The van der Waals surface area contributed by atoms with Gasteiger partial charge in [-0.3, -0.25) is 24.0 Å². The largest absolute Gasteiger partial charge is 0.481 e. The van der Waals surface area contributed by atoms with Crippen LogP contribution in [0.1, 0.15) is 37.7 Å². The van der Waals surface area contributed by atoms with Gasteiger partial charge in [-0.25, -0.2) is 4.21 Å². The van der Waals surface area contributed by atoms with E-state index in [2.05, 4.69) is 31.6 Å². The number of nitrogens with one attached hydrogen (secondary N) is 1. The van der Waals surface area contributed by atoms with Crippen LogP contribution in [0.15, 0.2) is 88.4 Å². The maximum atomic E-state index is 13.3. The quantitative estimate of drug-likeness (QED) is 0.356. The molecule has 0 fully saturated rings. The first-order chi connectivity index (χ1) is 18.6. The van der Waals surface area contributed by atoms with Crippen molar-refractivity contribution < 1.29 is 23.7 Å². The number of aliphatic carboxylic acids is 1. The second-order valence-corrected chi connectivity index (χ2v) is 10.7. The minimum Gasteiger partial charge on any atom is -0.481 e. The molecule has 11 heteroatoms. The Labute approximate surface area is 224 Å². The SMILES string of the molecule is Cc1cc(C(=O)Nc2cccc(C#Cc3cncc(C(=O)N=S(=O)(CC(=O)O)c4ccccc4)c3)c2)n(C)n1. The highest BCUT2D eigenvalue weighted by molar-refractivity contribution is 7.94. The van der Waals surface area contributed by atoms with Crippen LogP contribution in [0.5, 0.6) is 0 Å². The number of hydrogen-bond acceptors (Lipinski definition) is 6. The molecule has 4 rings (SSSR count). The Hall–Kier alpha value is -5.08. The monoisotopic (exact) mass is 541 g/mol. The van der Waals surface area contributed by atoms with Crippen molar-refractivity contribution in [3.63, 3.8) is 0 Å². The number of carbonyl (C=O) groups excluding carboxylic acids is 2. The average Bonchev–Trinajstić information content (AvgIpc) is 3.25. The summed E-state index contributed by atoms with van der Waals surface area (Å²) in [6.07, 6.45) is 2.70. The number of benzene rings is 2. The molecule has 0 aliphatic carbocycles. The van der Waals surface area contributed by atoms with Gasteiger partial charge in [0.25, 0.3) is 11.8 Å². The molecule has 0 aliphatic rings. The molecular weight excluding hydrogens is 518 g/mol. The van der Waals surface area contributed by atoms with Crippen molar-refractivity contribution in [1.82, 2.24) is 14.8 Å². The van der Waals surface area contributed by atoms with E-state index in [1.54, 1.807) is 62.5 Å². The molecule has 2 amide bonds. The Morgan fingerprint density at radius 3 is 2.44 bits per heavy atom. The van der Waals surface area contributed by atoms with Crippen LogP contribution in [0.3, 0.4) is 0 Å². The van der Waals surface area contributed by atoms with Gasteiger partial charge < -0.3 is 10.4 Å². The summed E-state index contributed by atoms with van der Waals surface area (Å²) in [7, 11) is -1.86. The van der Waals surface area contributed by atoms with Gasteiger partial charge in [0.05, 0.1) is 21.0 Å². The van der Waals surface area contributed by atoms with Crippen LogP contribution in [0.2, 0.25) is 0 Å². The van der Waals surface area contributed by atoms with E-state index in [4.69, 9.17) is 0 Å². The third kappa shape index (κ3) is 6.82. The summed E-state index contributed by atoms with van der Waals surface area (Å²) in [6, 6.07) is 17.9. The predicted octanol–water partition coefficient (Wildman–Crippen LogP) is 3.53. The van der Waals surface area contributed by atoms with Crippen molar-refractivity contribution in [3.8, 4) is 11.8 Å². The zero-order valence-corrected chi connectivity index (χ0v) is 21.8. The Morgan fingerprint density at radius 1 is 1.00 bits per heavy atom. The molecule has 196 valence electrons. The summed E-state index contributed by atoms with van der Waals surface area (Å²) >= 11 is 0. The van der Waals surface area contributed by atoms with E-state index in [1.165, 1.54) is 35.3 Å². The van der Waals surface area contributed by atoms with E-state index in [0.717, 1.165) is 5.69 Å². The van der Waals surface area contributed by atoms with Gasteiger partial charge in [0.2, 0.25) is 0 Å². The summed E-state index contributed by atoms with van der Waals surface area (Å²) in [5.41, 5.74) is 2.70. The molecule has 1 atom stereocenters. The van der Waals surface area contributed by atoms with Gasteiger partial charge in [0.1, 0.15) is 11.4 Å². The van der Waals surface area contributed by atoms with Crippen molar-refractivity contribution in [2.24, 2.45) is 11.4 Å². The first-order valence-corrected chi connectivity index (χ1v) is 13.3. The Morgan fingerprint density at radius 2 is 1.74 bits per heavy atom. The molecular formula is C28H23N5O5S. The highest BCUT2D eigenvalue weighted by Crippen LogP contribution is 2.17. The van der Waals surface area contributed by atoms with Crippen LogP contribution in [0.25, 0.3) is 0 Å².